The van der Waals surface area contributed by atoms with Crippen LogP contribution in [0.3, 0.4) is 0 Å². The number of guanidine groups is 1. The Balaban J connectivity index is 1.99. The van der Waals surface area contributed by atoms with Gasteiger partial charge < -0.3 is 10.6 Å². The first-order valence-electron chi connectivity index (χ1n) is 8.54. The second-order valence-corrected chi connectivity index (χ2v) is 8.68. The van der Waals surface area contributed by atoms with E-state index in [-0.39, 0.29) is 11.8 Å². The zero-order valence-electron chi connectivity index (χ0n) is 15.7. The first-order valence-corrected chi connectivity index (χ1v) is 10.6. The molecular formula is C18H27N5O2S. The predicted octanol–water partition coefficient (Wildman–Crippen LogP) is 1.67. The number of benzene rings is 1. The molecular weight excluding hydrogens is 350 g/mol. The van der Waals surface area contributed by atoms with Gasteiger partial charge in [0.2, 0.25) is 0 Å². The van der Waals surface area contributed by atoms with Crippen LogP contribution in [0.2, 0.25) is 0 Å². The molecule has 8 heteroatoms. The Morgan fingerprint density at radius 1 is 1.31 bits per heavy atom. The van der Waals surface area contributed by atoms with Crippen LogP contribution < -0.4 is 10.6 Å². The Kier molecular flexibility index (Phi) is 6.79. The van der Waals surface area contributed by atoms with Crippen molar-refractivity contribution < 1.29 is 8.42 Å². The lowest BCUT2D eigenvalue weighted by atomic mass is 10.2. The van der Waals surface area contributed by atoms with E-state index in [2.05, 4.69) is 20.7 Å². The van der Waals surface area contributed by atoms with Crippen molar-refractivity contribution in [3.63, 3.8) is 0 Å². The number of nitrogens with one attached hydrogen (secondary N) is 2. The predicted molar refractivity (Wildman–Crippen MR) is 105 cm³/mol. The summed E-state index contributed by atoms with van der Waals surface area (Å²) in [4.78, 5) is 4.22. The topological polar surface area (TPSA) is 88.4 Å². The van der Waals surface area contributed by atoms with Crippen molar-refractivity contribution in [3.05, 3.63) is 47.8 Å². The highest BCUT2D eigenvalue weighted by Gasteiger charge is 2.10. The molecule has 2 N–H and O–H groups in total. The second kappa shape index (κ2) is 8.84. The third-order valence-corrected chi connectivity index (χ3v) is 4.91. The van der Waals surface area contributed by atoms with Gasteiger partial charge in [-0.05, 0) is 38.0 Å². The van der Waals surface area contributed by atoms with E-state index in [1.165, 1.54) is 6.26 Å². The van der Waals surface area contributed by atoms with Crippen LogP contribution in [0.5, 0.6) is 0 Å². The van der Waals surface area contributed by atoms with Crippen molar-refractivity contribution >= 4 is 15.8 Å². The van der Waals surface area contributed by atoms with Gasteiger partial charge in [0, 0.05) is 32.1 Å². The lowest BCUT2D eigenvalue weighted by Crippen LogP contribution is -2.42. The van der Waals surface area contributed by atoms with E-state index >= 15 is 0 Å². The van der Waals surface area contributed by atoms with E-state index in [0.717, 1.165) is 16.9 Å². The molecule has 0 bridgehead atoms. The third kappa shape index (κ3) is 6.18. The molecule has 2 rings (SSSR count). The first-order chi connectivity index (χ1) is 12.3. The fourth-order valence-corrected chi connectivity index (χ4v) is 3.28. The Morgan fingerprint density at radius 2 is 2.04 bits per heavy atom. The lowest BCUT2D eigenvalue weighted by molar-refractivity contribution is 0.581. The van der Waals surface area contributed by atoms with E-state index in [4.69, 9.17) is 0 Å². The molecule has 7 nitrogen and oxygen atoms in total. The minimum Gasteiger partial charge on any atom is -0.354 e. The van der Waals surface area contributed by atoms with Gasteiger partial charge in [-0.2, -0.15) is 5.10 Å². The molecule has 0 aliphatic heterocycles. The first kappa shape index (κ1) is 20.0. The SMILES string of the molecule is CN=C(NCc1ccccc1-n1ccc(C)n1)NC(C)CCS(C)(=O)=O. The van der Waals surface area contributed by atoms with E-state index in [9.17, 15) is 8.42 Å². The van der Waals surface area contributed by atoms with E-state index in [1.807, 2.05) is 55.1 Å². The van der Waals surface area contributed by atoms with Gasteiger partial charge in [-0.25, -0.2) is 13.1 Å². The summed E-state index contributed by atoms with van der Waals surface area (Å²) in [6, 6.07) is 10.0. The summed E-state index contributed by atoms with van der Waals surface area (Å²) < 4.78 is 24.4. The molecule has 1 aromatic carbocycles. The van der Waals surface area contributed by atoms with E-state index < -0.39 is 9.84 Å². The third-order valence-electron chi connectivity index (χ3n) is 3.94. The number of hydrogen-bond acceptors (Lipinski definition) is 4. The standard InChI is InChI=1S/C18H27N5O2S/c1-14(10-12-26(4,24)25)21-18(19-3)20-13-16-7-5-6-8-17(16)23-11-9-15(2)22-23/h5-9,11,14H,10,12-13H2,1-4H3,(H2,19,20,21). The number of aliphatic imine (C=N–C) groups is 1. The number of para-hydroxylation sites is 1. The van der Waals surface area contributed by atoms with Gasteiger partial charge in [-0.1, -0.05) is 18.2 Å². The van der Waals surface area contributed by atoms with Gasteiger partial charge in [0.05, 0.1) is 17.1 Å². The summed E-state index contributed by atoms with van der Waals surface area (Å²) in [5.41, 5.74) is 3.06. The van der Waals surface area contributed by atoms with Crippen molar-refractivity contribution in [2.75, 3.05) is 19.1 Å². The van der Waals surface area contributed by atoms with Gasteiger partial charge >= 0.3 is 0 Å². The molecule has 0 amide bonds. The number of hydrogen-bond donors (Lipinski definition) is 2. The van der Waals surface area contributed by atoms with Gasteiger partial charge in [-0.3, -0.25) is 4.99 Å². The van der Waals surface area contributed by atoms with Crippen molar-refractivity contribution in [2.45, 2.75) is 32.9 Å². The number of sulfone groups is 1. The fourth-order valence-electron chi connectivity index (χ4n) is 2.50. The van der Waals surface area contributed by atoms with Crippen LogP contribution in [0.25, 0.3) is 5.69 Å². The maximum Gasteiger partial charge on any atom is 0.191 e. The van der Waals surface area contributed by atoms with Gasteiger partial charge in [0.25, 0.3) is 0 Å². The van der Waals surface area contributed by atoms with Crippen LogP contribution in [0, 0.1) is 6.92 Å². The Morgan fingerprint density at radius 3 is 2.65 bits per heavy atom. The van der Waals surface area contributed by atoms with Crippen LogP contribution in [0.15, 0.2) is 41.5 Å². The summed E-state index contributed by atoms with van der Waals surface area (Å²) in [5, 5.41) is 11.0. The fraction of sp³-hybridized carbons (Fsp3) is 0.444. The van der Waals surface area contributed by atoms with Gasteiger partial charge in [-0.15, -0.1) is 0 Å². The monoisotopic (exact) mass is 377 g/mol. The highest BCUT2D eigenvalue weighted by atomic mass is 32.2. The minimum atomic E-state index is -2.96. The molecule has 2 aromatic rings. The summed E-state index contributed by atoms with van der Waals surface area (Å²) in [7, 11) is -1.27. The molecule has 0 fully saturated rings. The van der Waals surface area contributed by atoms with Crippen LogP contribution in [0.4, 0.5) is 0 Å². The largest absolute Gasteiger partial charge is 0.354 e. The molecule has 0 aliphatic carbocycles. The Bertz CT molecular complexity index is 858. The number of rotatable bonds is 7. The van der Waals surface area contributed by atoms with Gasteiger partial charge in [0.1, 0.15) is 9.84 Å². The van der Waals surface area contributed by atoms with E-state index in [1.54, 1.807) is 7.05 Å². The zero-order valence-corrected chi connectivity index (χ0v) is 16.5. The normalized spacial score (nSPS) is 13.5. The highest BCUT2D eigenvalue weighted by Crippen LogP contribution is 2.14. The average Bonchev–Trinajstić information content (AvgIpc) is 3.02. The maximum absolute atomic E-state index is 11.3. The Labute approximate surface area is 155 Å². The number of aromatic nitrogens is 2. The smallest absolute Gasteiger partial charge is 0.191 e. The van der Waals surface area contributed by atoms with Crippen molar-refractivity contribution in [2.24, 2.45) is 4.99 Å². The highest BCUT2D eigenvalue weighted by molar-refractivity contribution is 7.90. The van der Waals surface area contributed by atoms with Crippen molar-refractivity contribution in [1.29, 1.82) is 0 Å². The molecule has 0 saturated heterocycles. The second-order valence-electron chi connectivity index (χ2n) is 6.42. The van der Waals surface area contributed by atoms with Crippen molar-refractivity contribution in [3.8, 4) is 5.69 Å². The molecule has 1 atom stereocenters. The lowest BCUT2D eigenvalue weighted by Gasteiger charge is -2.18. The molecule has 0 radical (unpaired) electrons. The molecule has 1 heterocycles. The average molecular weight is 378 g/mol. The molecule has 1 unspecified atom stereocenters. The summed E-state index contributed by atoms with van der Waals surface area (Å²) in [6.45, 7) is 4.48. The van der Waals surface area contributed by atoms with Crippen LogP contribution in [-0.4, -0.2) is 49.3 Å². The Hall–Kier alpha value is -2.35. The molecule has 0 spiro atoms. The van der Waals surface area contributed by atoms with Gasteiger partial charge in [0.15, 0.2) is 5.96 Å². The number of nitrogens with zero attached hydrogens (tertiary/aromatic N) is 3. The summed E-state index contributed by atoms with van der Waals surface area (Å²) >= 11 is 0. The number of aryl methyl sites for hydroxylation is 1. The van der Waals surface area contributed by atoms with Crippen LogP contribution in [-0.2, 0) is 16.4 Å². The van der Waals surface area contributed by atoms with Crippen LogP contribution >= 0.6 is 0 Å². The molecule has 0 aliphatic rings. The molecule has 0 saturated carbocycles. The molecule has 26 heavy (non-hydrogen) atoms. The molecule has 142 valence electrons. The van der Waals surface area contributed by atoms with Crippen LogP contribution in [0.1, 0.15) is 24.6 Å². The zero-order chi connectivity index (χ0) is 19.2. The maximum atomic E-state index is 11.3. The van der Waals surface area contributed by atoms with Crippen molar-refractivity contribution in [1.82, 2.24) is 20.4 Å². The summed E-state index contributed by atoms with van der Waals surface area (Å²) in [5.74, 6) is 0.789. The van der Waals surface area contributed by atoms with E-state index in [0.29, 0.717) is 18.9 Å². The quantitative estimate of drug-likeness (QED) is 0.566. The molecule has 1 aromatic heterocycles. The summed E-state index contributed by atoms with van der Waals surface area (Å²) in [6.07, 6.45) is 3.72. The minimum absolute atomic E-state index is 0.0000613.